The molecule has 3 aromatic carbocycles. The fraction of sp³-hybridized carbons (Fsp3) is 0.0833. The van der Waals surface area contributed by atoms with E-state index >= 15 is 0 Å². The first kappa shape index (κ1) is 26.4. The summed E-state index contributed by atoms with van der Waals surface area (Å²) >= 11 is 4.13. The van der Waals surface area contributed by atoms with Gasteiger partial charge in [-0.05, 0) is 59.3 Å². The van der Waals surface area contributed by atoms with Gasteiger partial charge >= 0.3 is 10.1 Å². The van der Waals surface area contributed by atoms with Crippen LogP contribution in [0.1, 0.15) is 11.1 Å². The Morgan fingerprint density at radius 3 is 2.43 bits per heavy atom. The molecule has 1 aliphatic rings. The number of para-hydroxylation sites is 1. The average molecular weight is 605 g/mol. The van der Waals surface area contributed by atoms with Crippen LogP contribution in [0.25, 0.3) is 6.08 Å². The van der Waals surface area contributed by atoms with Crippen LogP contribution >= 0.6 is 27.7 Å². The van der Waals surface area contributed by atoms with Crippen molar-refractivity contribution in [3.05, 3.63) is 97.3 Å². The first-order valence-electron chi connectivity index (χ1n) is 10.4. The molecule has 1 fully saturated rings. The highest BCUT2D eigenvalue weighted by Gasteiger charge is 2.35. The molecule has 0 saturated carbocycles. The zero-order valence-corrected chi connectivity index (χ0v) is 22.2. The topological polar surface area (TPSA) is 133 Å². The van der Waals surface area contributed by atoms with E-state index in [4.69, 9.17) is 8.92 Å². The van der Waals surface area contributed by atoms with Crippen molar-refractivity contribution in [1.29, 1.82) is 0 Å². The van der Waals surface area contributed by atoms with Gasteiger partial charge in [0.2, 0.25) is 0 Å². The molecule has 37 heavy (non-hydrogen) atoms. The summed E-state index contributed by atoms with van der Waals surface area (Å²) in [7, 11) is -3.27. The minimum Gasteiger partial charge on any atom is -0.493 e. The van der Waals surface area contributed by atoms with Crippen LogP contribution < -0.4 is 8.92 Å². The van der Waals surface area contributed by atoms with Gasteiger partial charge in [-0.1, -0.05) is 46.3 Å². The molecule has 1 saturated heterocycles. The number of benzene rings is 3. The summed E-state index contributed by atoms with van der Waals surface area (Å²) in [5, 5.41) is 10.8. The second-order valence-corrected chi connectivity index (χ2v) is 11.0. The third kappa shape index (κ3) is 5.84. The van der Waals surface area contributed by atoms with E-state index < -0.39 is 36.8 Å². The number of nitro groups is 1. The maximum Gasteiger partial charge on any atom is 0.346 e. The fourth-order valence-corrected chi connectivity index (χ4v) is 5.60. The molecule has 4 rings (SSSR count). The fourth-order valence-electron chi connectivity index (χ4n) is 3.39. The molecule has 0 aromatic heterocycles. The molecular weight excluding hydrogens is 588 g/mol. The van der Waals surface area contributed by atoms with Crippen LogP contribution in [0.5, 0.6) is 11.5 Å². The monoisotopic (exact) mass is 604 g/mol. The molecule has 0 bridgehead atoms. The van der Waals surface area contributed by atoms with Gasteiger partial charge in [0, 0.05) is 10.5 Å². The molecule has 0 radical (unpaired) electrons. The Balaban J connectivity index is 1.57. The number of rotatable bonds is 8. The molecule has 1 aliphatic heterocycles. The number of hydrogen-bond acceptors (Lipinski definition) is 9. The second kappa shape index (κ2) is 10.7. The Morgan fingerprint density at radius 2 is 1.76 bits per heavy atom. The van der Waals surface area contributed by atoms with Crippen molar-refractivity contribution in [2.45, 2.75) is 11.4 Å². The molecule has 0 spiro atoms. The first-order chi connectivity index (χ1) is 17.6. The number of thioether (sulfide) groups is 1. The van der Waals surface area contributed by atoms with E-state index in [-0.39, 0.29) is 22.9 Å². The number of amides is 2. The SMILES string of the molecule is COc1cc(/C=C2\SC(=O)N(Cc3ccc(Br)cc3)C2=O)ccc1OS(=O)(=O)c1ccccc1[N+](=O)[O-]. The lowest BCUT2D eigenvalue weighted by Gasteiger charge is -2.12. The number of nitrogens with zero attached hydrogens (tertiary/aromatic N) is 2. The zero-order valence-electron chi connectivity index (χ0n) is 19.0. The van der Waals surface area contributed by atoms with Crippen molar-refractivity contribution >= 4 is 60.7 Å². The van der Waals surface area contributed by atoms with Crippen LogP contribution in [0.4, 0.5) is 10.5 Å². The Morgan fingerprint density at radius 1 is 1.05 bits per heavy atom. The number of ether oxygens (including phenoxy) is 1. The third-order valence-electron chi connectivity index (χ3n) is 5.14. The predicted octanol–water partition coefficient (Wildman–Crippen LogP) is 5.37. The van der Waals surface area contributed by atoms with Crippen molar-refractivity contribution in [2.24, 2.45) is 0 Å². The highest BCUT2D eigenvalue weighted by molar-refractivity contribution is 9.10. The minimum absolute atomic E-state index is 0.00463. The third-order valence-corrected chi connectivity index (χ3v) is 7.86. The molecule has 2 amide bonds. The lowest BCUT2D eigenvalue weighted by Crippen LogP contribution is -2.27. The normalized spacial score (nSPS) is 14.8. The number of hydrogen-bond donors (Lipinski definition) is 0. The predicted molar refractivity (Wildman–Crippen MR) is 140 cm³/mol. The molecular formula is C24H17BrN2O8S2. The molecule has 0 atom stereocenters. The lowest BCUT2D eigenvalue weighted by molar-refractivity contribution is -0.387. The summed E-state index contributed by atoms with van der Waals surface area (Å²) in [6.45, 7) is 0.120. The van der Waals surface area contributed by atoms with Gasteiger partial charge in [0.05, 0.1) is 23.5 Å². The van der Waals surface area contributed by atoms with Gasteiger partial charge in [0.15, 0.2) is 16.4 Å². The van der Waals surface area contributed by atoms with Crippen molar-refractivity contribution in [3.8, 4) is 11.5 Å². The molecule has 0 N–H and O–H groups in total. The van der Waals surface area contributed by atoms with Gasteiger partial charge in [-0.15, -0.1) is 0 Å². The number of methoxy groups -OCH3 is 1. The molecule has 13 heteroatoms. The van der Waals surface area contributed by atoms with E-state index in [0.29, 0.717) is 5.56 Å². The van der Waals surface area contributed by atoms with Crippen molar-refractivity contribution < 1.29 is 31.9 Å². The molecule has 190 valence electrons. The first-order valence-corrected chi connectivity index (χ1v) is 13.5. The lowest BCUT2D eigenvalue weighted by atomic mass is 10.1. The summed E-state index contributed by atoms with van der Waals surface area (Å²) in [5.41, 5.74) is 0.605. The Bertz CT molecular complexity index is 1540. The Labute approximate surface area is 224 Å². The van der Waals surface area contributed by atoms with E-state index in [0.717, 1.165) is 38.8 Å². The van der Waals surface area contributed by atoms with E-state index in [1.54, 1.807) is 12.1 Å². The summed E-state index contributed by atoms with van der Waals surface area (Å²) in [6.07, 6.45) is 1.48. The van der Waals surface area contributed by atoms with Crippen molar-refractivity contribution in [2.75, 3.05) is 7.11 Å². The average Bonchev–Trinajstić information content (AvgIpc) is 3.13. The number of halogens is 1. The van der Waals surface area contributed by atoms with Crippen LogP contribution in [0, 0.1) is 10.1 Å². The summed E-state index contributed by atoms with van der Waals surface area (Å²) in [5.74, 6) is -0.665. The van der Waals surface area contributed by atoms with E-state index in [1.807, 2.05) is 12.1 Å². The maximum atomic E-state index is 12.9. The van der Waals surface area contributed by atoms with E-state index in [1.165, 1.54) is 43.5 Å². The largest absolute Gasteiger partial charge is 0.493 e. The van der Waals surface area contributed by atoms with Gasteiger partial charge in [0.25, 0.3) is 16.8 Å². The second-order valence-electron chi connectivity index (χ2n) is 7.57. The molecule has 1 heterocycles. The minimum atomic E-state index is -4.56. The van der Waals surface area contributed by atoms with Crippen LogP contribution in [-0.4, -0.2) is 36.5 Å². The van der Waals surface area contributed by atoms with Crippen LogP contribution in [-0.2, 0) is 21.5 Å². The molecule has 0 aliphatic carbocycles. The quantitative estimate of drug-likeness (QED) is 0.144. The van der Waals surface area contributed by atoms with Gasteiger partial charge in [-0.25, -0.2) is 0 Å². The van der Waals surface area contributed by atoms with Crippen LogP contribution in [0.3, 0.4) is 0 Å². The maximum absolute atomic E-state index is 12.9. The van der Waals surface area contributed by atoms with Gasteiger partial charge in [-0.2, -0.15) is 8.42 Å². The zero-order chi connectivity index (χ0) is 26.7. The number of carbonyl (C=O) groups is 2. The number of imide groups is 1. The highest BCUT2D eigenvalue weighted by atomic mass is 79.9. The molecule has 10 nitrogen and oxygen atoms in total. The number of nitro benzene ring substituents is 1. The highest BCUT2D eigenvalue weighted by Crippen LogP contribution is 2.36. The molecule has 0 unspecified atom stereocenters. The summed E-state index contributed by atoms with van der Waals surface area (Å²) in [6, 6.07) is 16.2. The van der Waals surface area contributed by atoms with Gasteiger partial charge in [0.1, 0.15) is 0 Å². The summed E-state index contributed by atoms with van der Waals surface area (Å²) < 4.78 is 36.8. The Kier molecular flexibility index (Phi) is 7.66. The van der Waals surface area contributed by atoms with Crippen molar-refractivity contribution in [3.63, 3.8) is 0 Å². The van der Waals surface area contributed by atoms with E-state index in [2.05, 4.69) is 15.9 Å². The van der Waals surface area contributed by atoms with E-state index in [9.17, 15) is 28.1 Å². The number of carbonyl (C=O) groups excluding carboxylic acids is 2. The van der Waals surface area contributed by atoms with Gasteiger partial charge in [-0.3, -0.25) is 24.6 Å². The van der Waals surface area contributed by atoms with Crippen LogP contribution in [0.15, 0.2) is 81.0 Å². The van der Waals surface area contributed by atoms with Crippen molar-refractivity contribution in [1.82, 2.24) is 4.90 Å². The molecule has 3 aromatic rings. The smallest absolute Gasteiger partial charge is 0.346 e. The standard InChI is InChI=1S/C24H17BrN2O8S2/c1-34-20-12-16(8-11-19(20)35-37(32,33)22-5-3-2-4-18(22)27(30)31)13-21-23(28)26(24(29)36-21)14-15-6-9-17(25)10-7-15/h2-13H,14H2,1H3/b21-13-. The Hall–Kier alpha value is -3.68. The van der Waals surface area contributed by atoms with Gasteiger partial charge < -0.3 is 8.92 Å². The summed E-state index contributed by atoms with van der Waals surface area (Å²) in [4.78, 5) is 36.5. The van der Waals surface area contributed by atoms with Crippen LogP contribution in [0.2, 0.25) is 0 Å².